The lowest BCUT2D eigenvalue weighted by molar-refractivity contribution is -0.301. The second-order valence-corrected chi connectivity index (χ2v) is 21.7. The number of aliphatic hydroxyl groups excluding tert-OH is 2. The zero-order chi connectivity index (χ0) is 57.5. The van der Waals surface area contributed by atoms with Crippen LogP contribution < -0.4 is 0 Å². The van der Waals surface area contributed by atoms with Gasteiger partial charge in [-0.2, -0.15) is 0 Å². The molecule has 1 saturated heterocycles. The van der Waals surface area contributed by atoms with Gasteiger partial charge in [0.05, 0.1) is 6.61 Å². The lowest BCUT2D eigenvalue weighted by atomic mass is 9.98. The topological polar surface area (TPSA) is 175 Å². The minimum absolute atomic E-state index is 0.0420. The second kappa shape index (κ2) is 54.7. The molecule has 6 atom stereocenters. The van der Waals surface area contributed by atoms with Gasteiger partial charge in [0.25, 0.3) is 0 Å². The van der Waals surface area contributed by atoms with Crippen LogP contribution in [0.15, 0.2) is 72.9 Å². The maximum Gasteiger partial charge on any atom is 0.335 e. The average molecular weight is 1110 g/mol. The highest BCUT2D eigenvalue weighted by Crippen LogP contribution is 2.26. The summed E-state index contributed by atoms with van der Waals surface area (Å²) in [7, 11) is 0. The molecule has 1 aliphatic rings. The van der Waals surface area contributed by atoms with Crippen molar-refractivity contribution in [1.29, 1.82) is 0 Å². The number of allylic oxidation sites excluding steroid dienone is 12. The Morgan fingerprint density at radius 3 is 1.27 bits per heavy atom. The Bertz CT molecular complexity index is 1650. The number of aliphatic carboxylic acids is 1. The zero-order valence-corrected chi connectivity index (χ0v) is 50.1. The SMILES string of the molecule is CC/C=C\C/C=C\C/C=C\C/C=C\CCCCCCCCC(=O)OC1C(OCC(COC(=O)CCCCCCCCCCC/C=C\CCCCCCCC)OC(=O)CCCCCCC/C=C\CCCC)OC(C(=O)O)C(O)C1O. The van der Waals surface area contributed by atoms with Crippen molar-refractivity contribution in [2.24, 2.45) is 0 Å². The average Bonchev–Trinajstić information content (AvgIpc) is 3.43. The summed E-state index contributed by atoms with van der Waals surface area (Å²) < 4.78 is 28.5. The number of aliphatic hydroxyl groups is 2. The number of esters is 3. The van der Waals surface area contributed by atoms with Crippen molar-refractivity contribution in [3.05, 3.63) is 72.9 Å². The molecule has 0 amide bonds. The highest BCUT2D eigenvalue weighted by Gasteiger charge is 2.50. The summed E-state index contributed by atoms with van der Waals surface area (Å²) in [6.07, 6.45) is 57.2. The van der Waals surface area contributed by atoms with E-state index in [1.807, 2.05) is 0 Å². The Morgan fingerprint density at radius 1 is 0.430 bits per heavy atom. The van der Waals surface area contributed by atoms with Gasteiger partial charge in [-0.25, -0.2) is 4.79 Å². The Balaban J connectivity index is 2.63. The number of rotatable bonds is 54. The molecule has 1 aliphatic heterocycles. The summed E-state index contributed by atoms with van der Waals surface area (Å²) >= 11 is 0. The fourth-order valence-electron chi connectivity index (χ4n) is 9.34. The van der Waals surface area contributed by atoms with E-state index in [4.69, 9.17) is 23.7 Å². The third-order valence-electron chi connectivity index (χ3n) is 14.2. The van der Waals surface area contributed by atoms with Crippen LogP contribution in [-0.4, -0.2) is 89.2 Å². The first-order valence-corrected chi connectivity index (χ1v) is 31.9. The van der Waals surface area contributed by atoms with Crippen LogP contribution in [-0.2, 0) is 42.9 Å². The molecule has 0 aromatic heterocycles. The molecule has 79 heavy (non-hydrogen) atoms. The molecule has 0 saturated carbocycles. The third kappa shape index (κ3) is 44.5. The van der Waals surface area contributed by atoms with Gasteiger partial charge in [0.1, 0.15) is 18.8 Å². The minimum Gasteiger partial charge on any atom is -0.479 e. The fourth-order valence-corrected chi connectivity index (χ4v) is 9.34. The number of hydrogen-bond donors (Lipinski definition) is 3. The molecule has 0 aromatic rings. The van der Waals surface area contributed by atoms with Crippen LogP contribution in [0.5, 0.6) is 0 Å². The molecular weight excluding hydrogens is 997 g/mol. The molecule has 3 N–H and O–H groups in total. The highest BCUT2D eigenvalue weighted by atomic mass is 16.7. The molecule has 454 valence electrons. The van der Waals surface area contributed by atoms with Crippen molar-refractivity contribution in [1.82, 2.24) is 0 Å². The van der Waals surface area contributed by atoms with Crippen molar-refractivity contribution in [2.45, 2.75) is 314 Å². The van der Waals surface area contributed by atoms with Gasteiger partial charge in [-0.1, -0.05) is 229 Å². The van der Waals surface area contributed by atoms with Crippen molar-refractivity contribution < 1.29 is 58.2 Å². The Labute approximate surface area is 480 Å². The quantitative estimate of drug-likeness (QED) is 0.0228. The maximum atomic E-state index is 13.1. The lowest BCUT2D eigenvalue weighted by Crippen LogP contribution is -2.61. The number of carboxylic acid groups (broad SMARTS) is 1. The van der Waals surface area contributed by atoms with Gasteiger partial charge in [-0.3, -0.25) is 14.4 Å². The Kier molecular flexibility index (Phi) is 50.7. The van der Waals surface area contributed by atoms with Crippen molar-refractivity contribution >= 4 is 23.9 Å². The molecule has 0 radical (unpaired) electrons. The first-order chi connectivity index (χ1) is 38.6. The monoisotopic (exact) mass is 1110 g/mol. The van der Waals surface area contributed by atoms with Crippen molar-refractivity contribution in [2.75, 3.05) is 13.2 Å². The van der Waals surface area contributed by atoms with E-state index in [1.165, 1.54) is 96.3 Å². The summed E-state index contributed by atoms with van der Waals surface area (Å²) in [6.45, 7) is 5.84. The van der Waals surface area contributed by atoms with E-state index < -0.39 is 67.3 Å². The van der Waals surface area contributed by atoms with E-state index in [-0.39, 0.29) is 25.9 Å². The van der Waals surface area contributed by atoms with Gasteiger partial charge in [-0.05, 0) is 103 Å². The number of carboxylic acids is 1. The van der Waals surface area contributed by atoms with E-state index in [1.54, 1.807) is 0 Å². The van der Waals surface area contributed by atoms with Crippen LogP contribution in [0.1, 0.15) is 278 Å². The molecule has 0 spiro atoms. The van der Waals surface area contributed by atoms with E-state index in [9.17, 15) is 34.5 Å². The third-order valence-corrected chi connectivity index (χ3v) is 14.2. The molecule has 12 nitrogen and oxygen atoms in total. The van der Waals surface area contributed by atoms with Crippen molar-refractivity contribution in [3.8, 4) is 0 Å². The summed E-state index contributed by atoms with van der Waals surface area (Å²) in [4.78, 5) is 51.2. The van der Waals surface area contributed by atoms with Crippen molar-refractivity contribution in [3.63, 3.8) is 0 Å². The number of unbranched alkanes of at least 4 members (excludes halogenated alkanes) is 28. The lowest BCUT2D eigenvalue weighted by Gasteiger charge is -2.40. The van der Waals surface area contributed by atoms with Gasteiger partial charge in [0.15, 0.2) is 24.6 Å². The van der Waals surface area contributed by atoms with Crippen LogP contribution in [0.3, 0.4) is 0 Å². The van der Waals surface area contributed by atoms with Crippen LogP contribution >= 0.6 is 0 Å². The molecule has 12 heteroatoms. The smallest absolute Gasteiger partial charge is 0.335 e. The number of ether oxygens (including phenoxy) is 5. The zero-order valence-electron chi connectivity index (χ0n) is 50.1. The first kappa shape index (κ1) is 73.2. The molecule has 0 bridgehead atoms. The molecule has 0 aliphatic carbocycles. The fraction of sp³-hybridized carbons (Fsp3) is 0.761. The molecule has 1 heterocycles. The van der Waals surface area contributed by atoms with Gasteiger partial charge >= 0.3 is 23.9 Å². The predicted molar refractivity (Wildman–Crippen MR) is 322 cm³/mol. The predicted octanol–water partition coefficient (Wildman–Crippen LogP) is 16.9. The molecule has 0 aromatic carbocycles. The molecular formula is C67H114O12. The van der Waals surface area contributed by atoms with Gasteiger partial charge in [-0.15, -0.1) is 0 Å². The minimum atomic E-state index is -1.91. The number of hydrogen-bond acceptors (Lipinski definition) is 11. The summed E-state index contributed by atoms with van der Waals surface area (Å²) in [5.41, 5.74) is 0. The van der Waals surface area contributed by atoms with Gasteiger partial charge in [0, 0.05) is 19.3 Å². The number of carbonyl (C=O) groups is 4. The van der Waals surface area contributed by atoms with E-state index in [2.05, 4.69) is 93.7 Å². The summed E-state index contributed by atoms with van der Waals surface area (Å²) in [5.74, 6) is -3.14. The van der Waals surface area contributed by atoms with Gasteiger partial charge < -0.3 is 39.0 Å². The first-order valence-electron chi connectivity index (χ1n) is 31.9. The molecule has 1 rings (SSSR count). The van der Waals surface area contributed by atoms with E-state index >= 15 is 0 Å². The Morgan fingerprint density at radius 2 is 0.810 bits per heavy atom. The van der Waals surface area contributed by atoms with Gasteiger partial charge in [0.2, 0.25) is 0 Å². The van der Waals surface area contributed by atoms with Crippen LogP contribution in [0, 0.1) is 0 Å². The summed E-state index contributed by atoms with van der Waals surface area (Å²) in [6, 6.07) is 0. The maximum absolute atomic E-state index is 13.1. The second-order valence-electron chi connectivity index (χ2n) is 21.7. The summed E-state index contributed by atoms with van der Waals surface area (Å²) in [5, 5.41) is 31.5. The number of carbonyl (C=O) groups excluding carboxylic acids is 3. The van der Waals surface area contributed by atoms with Crippen LogP contribution in [0.2, 0.25) is 0 Å². The largest absolute Gasteiger partial charge is 0.479 e. The molecule has 1 fully saturated rings. The van der Waals surface area contributed by atoms with Crippen LogP contribution in [0.25, 0.3) is 0 Å². The van der Waals surface area contributed by atoms with E-state index in [0.29, 0.717) is 19.3 Å². The highest BCUT2D eigenvalue weighted by molar-refractivity contribution is 5.74. The van der Waals surface area contributed by atoms with Crippen LogP contribution in [0.4, 0.5) is 0 Å². The molecule has 6 unspecified atom stereocenters. The standard InChI is InChI=1S/C67H114O12/c1-4-7-10-13-16-19-22-24-26-28-30-32-34-36-39-41-44-47-50-53-59(68)75-56-58(77-60(69)54-51-48-45-42-38-21-18-15-12-9-6-3)57-76-67-65(63(72)62(71)64(79-67)66(73)74)78-61(70)55-52-49-46-43-40-37-35-33-31-29-27-25-23-20-17-14-11-8-5-2/h8,11,15,17-18,20,24-27,31,33,58,62-65,67,71-72H,4-7,9-10,12-14,16,19,21-23,28-30,32,34-57H2,1-3H3,(H,73,74)/b11-8-,18-15-,20-17-,26-24-,27-25-,33-31-. The Hall–Kier alpha value is -3.84. The normalized spacial score (nSPS) is 18.3. The van der Waals surface area contributed by atoms with E-state index in [0.717, 1.165) is 122 Å².